The highest BCUT2D eigenvalue weighted by Crippen LogP contribution is 2.27. The van der Waals surface area contributed by atoms with E-state index < -0.39 is 4.92 Å². The summed E-state index contributed by atoms with van der Waals surface area (Å²) in [5.74, 6) is -0.551. The van der Waals surface area contributed by atoms with Crippen LogP contribution in [0.2, 0.25) is 0 Å². The Bertz CT molecular complexity index is 825. The zero-order chi connectivity index (χ0) is 18.8. The Hall–Kier alpha value is -3.22. The zero-order valence-electron chi connectivity index (χ0n) is 14.4. The van der Waals surface area contributed by atoms with Gasteiger partial charge >= 0.3 is 0 Å². The summed E-state index contributed by atoms with van der Waals surface area (Å²) in [6, 6.07) is 13.4. The maximum absolute atomic E-state index is 12.0. The Morgan fingerprint density at radius 1 is 0.923 bits per heavy atom. The molecule has 1 aliphatic heterocycles. The molecule has 2 amide bonds. The second kappa shape index (κ2) is 6.95. The van der Waals surface area contributed by atoms with Crippen molar-refractivity contribution in [2.24, 2.45) is 11.8 Å². The van der Waals surface area contributed by atoms with Gasteiger partial charge in [-0.15, -0.1) is 0 Å². The van der Waals surface area contributed by atoms with E-state index in [2.05, 4.69) is 0 Å². The van der Waals surface area contributed by atoms with E-state index in [9.17, 15) is 19.7 Å². The van der Waals surface area contributed by atoms with Crippen LogP contribution in [-0.2, 0) is 9.59 Å². The largest absolute Gasteiger partial charge is 0.473 e. The SMILES string of the molecule is CC1C(=O)N(COc2ccc(-c3ccc([N+](=O)[O-])cc3)cc2)C(=O)C1C. The monoisotopic (exact) mass is 354 g/mol. The molecule has 2 aromatic rings. The van der Waals surface area contributed by atoms with Crippen LogP contribution in [0.1, 0.15) is 13.8 Å². The molecule has 1 saturated heterocycles. The number of benzene rings is 2. The fraction of sp³-hybridized carbons (Fsp3) is 0.263. The van der Waals surface area contributed by atoms with Crippen LogP contribution in [0.15, 0.2) is 48.5 Å². The van der Waals surface area contributed by atoms with Gasteiger partial charge in [-0.05, 0) is 35.4 Å². The lowest BCUT2D eigenvalue weighted by atomic mass is 10.00. The minimum Gasteiger partial charge on any atom is -0.473 e. The van der Waals surface area contributed by atoms with Crippen molar-refractivity contribution in [2.45, 2.75) is 13.8 Å². The predicted octanol–water partition coefficient (Wildman–Crippen LogP) is 3.24. The quantitative estimate of drug-likeness (QED) is 0.467. The summed E-state index contributed by atoms with van der Waals surface area (Å²) in [6.07, 6.45) is 0. The number of hydrogen-bond donors (Lipinski definition) is 0. The molecule has 0 N–H and O–H groups in total. The number of hydrogen-bond acceptors (Lipinski definition) is 5. The molecule has 7 heteroatoms. The molecule has 1 fully saturated rings. The molecule has 0 saturated carbocycles. The molecule has 7 nitrogen and oxygen atoms in total. The molecule has 3 rings (SSSR count). The topological polar surface area (TPSA) is 89.8 Å². The molecule has 0 spiro atoms. The van der Waals surface area contributed by atoms with E-state index in [0.29, 0.717) is 5.75 Å². The summed E-state index contributed by atoms with van der Waals surface area (Å²) in [7, 11) is 0. The van der Waals surface area contributed by atoms with Crippen molar-refractivity contribution >= 4 is 17.5 Å². The molecule has 2 unspecified atom stereocenters. The van der Waals surface area contributed by atoms with E-state index in [1.807, 2.05) is 12.1 Å². The smallest absolute Gasteiger partial charge is 0.269 e. The first kappa shape index (κ1) is 17.6. The second-order valence-corrected chi connectivity index (χ2v) is 6.28. The van der Waals surface area contributed by atoms with Gasteiger partial charge in [-0.25, -0.2) is 4.90 Å². The second-order valence-electron chi connectivity index (χ2n) is 6.28. The average molecular weight is 354 g/mol. The number of imide groups is 1. The number of ether oxygens (including phenoxy) is 1. The molecule has 0 aromatic heterocycles. The lowest BCUT2D eigenvalue weighted by Crippen LogP contribution is -2.34. The molecule has 1 heterocycles. The molecule has 134 valence electrons. The number of nitro benzene ring substituents is 1. The number of non-ortho nitro benzene ring substituents is 1. The molecule has 0 aliphatic carbocycles. The summed E-state index contributed by atoms with van der Waals surface area (Å²) in [4.78, 5) is 35.5. The van der Waals surface area contributed by atoms with Crippen LogP contribution < -0.4 is 4.74 Å². The van der Waals surface area contributed by atoms with Crippen LogP contribution in [0, 0.1) is 22.0 Å². The number of rotatable bonds is 5. The summed E-state index contributed by atoms with van der Waals surface area (Å²) >= 11 is 0. The number of carbonyl (C=O) groups is 2. The van der Waals surface area contributed by atoms with E-state index in [0.717, 1.165) is 16.0 Å². The number of carbonyl (C=O) groups excluding carboxylic acids is 2. The molecular weight excluding hydrogens is 336 g/mol. The van der Waals surface area contributed by atoms with Gasteiger partial charge in [0.15, 0.2) is 6.73 Å². The van der Waals surface area contributed by atoms with E-state index >= 15 is 0 Å². The van der Waals surface area contributed by atoms with Crippen molar-refractivity contribution in [3.8, 4) is 16.9 Å². The van der Waals surface area contributed by atoms with Gasteiger partial charge in [0.2, 0.25) is 11.8 Å². The highest BCUT2D eigenvalue weighted by atomic mass is 16.6. The van der Waals surface area contributed by atoms with Gasteiger partial charge in [-0.1, -0.05) is 26.0 Å². The first-order valence-corrected chi connectivity index (χ1v) is 8.21. The third-order valence-electron chi connectivity index (χ3n) is 4.69. The molecule has 0 bridgehead atoms. The van der Waals surface area contributed by atoms with Crippen LogP contribution >= 0.6 is 0 Å². The lowest BCUT2D eigenvalue weighted by molar-refractivity contribution is -0.384. The first-order chi connectivity index (χ1) is 12.4. The Morgan fingerprint density at radius 2 is 1.38 bits per heavy atom. The van der Waals surface area contributed by atoms with Gasteiger partial charge in [0, 0.05) is 24.0 Å². The standard InChI is InChI=1S/C19H18N2O5/c1-12-13(2)19(23)20(18(12)22)11-26-17-9-5-15(6-10-17)14-3-7-16(8-4-14)21(24)25/h3-10,12-13H,11H2,1-2H3. The van der Waals surface area contributed by atoms with Gasteiger partial charge in [0.1, 0.15) is 5.75 Å². The maximum atomic E-state index is 12.0. The van der Waals surface area contributed by atoms with Crippen LogP contribution in [0.4, 0.5) is 5.69 Å². The highest BCUT2D eigenvalue weighted by Gasteiger charge is 2.42. The van der Waals surface area contributed by atoms with Crippen molar-refractivity contribution in [3.63, 3.8) is 0 Å². The van der Waals surface area contributed by atoms with E-state index in [4.69, 9.17) is 4.74 Å². The third-order valence-corrected chi connectivity index (χ3v) is 4.69. The molecule has 2 aromatic carbocycles. The van der Waals surface area contributed by atoms with E-state index in [-0.39, 0.29) is 36.1 Å². The minimum absolute atomic E-state index is 0.0390. The fourth-order valence-electron chi connectivity index (χ4n) is 2.81. The van der Waals surface area contributed by atoms with Crippen LogP contribution in [0.3, 0.4) is 0 Å². The Morgan fingerprint density at radius 3 is 1.85 bits per heavy atom. The van der Waals surface area contributed by atoms with Crippen molar-refractivity contribution < 1.29 is 19.2 Å². The molecule has 0 radical (unpaired) electrons. The molecule has 2 atom stereocenters. The summed E-state index contributed by atoms with van der Waals surface area (Å²) in [5, 5.41) is 10.7. The third kappa shape index (κ3) is 3.28. The number of nitro groups is 1. The molecular formula is C19H18N2O5. The van der Waals surface area contributed by atoms with Crippen LogP contribution in [-0.4, -0.2) is 28.4 Å². The Labute approximate surface area is 150 Å². The molecule has 1 aliphatic rings. The van der Waals surface area contributed by atoms with Crippen molar-refractivity contribution in [1.82, 2.24) is 4.90 Å². The first-order valence-electron chi connectivity index (χ1n) is 8.21. The van der Waals surface area contributed by atoms with Gasteiger partial charge in [-0.3, -0.25) is 19.7 Å². The molecule has 26 heavy (non-hydrogen) atoms. The van der Waals surface area contributed by atoms with Crippen molar-refractivity contribution in [2.75, 3.05) is 6.73 Å². The van der Waals surface area contributed by atoms with E-state index in [1.54, 1.807) is 38.1 Å². The van der Waals surface area contributed by atoms with Gasteiger partial charge in [0.05, 0.1) is 4.92 Å². The normalized spacial score (nSPS) is 19.7. The highest BCUT2D eigenvalue weighted by molar-refractivity contribution is 6.04. The van der Waals surface area contributed by atoms with Crippen molar-refractivity contribution in [1.29, 1.82) is 0 Å². The Balaban J connectivity index is 1.66. The predicted molar refractivity (Wildman–Crippen MR) is 94.2 cm³/mol. The van der Waals surface area contributed by atoms with Crippen LogP contribution in [0.25, 0.3) is 11.1 Å². The number of amides is 2. The van der Waals surface area contributed by atoms with Gasteiger partial charge < -0.3 is 4.74 Å². The number of nitrogens with zero attached hydrogens (tertiary/aromatic N) is 2. The summed E-state index contributed by atoms with van der Waals surface area (Å²) in [6.45, 7) is 3.37. The summed E-state index contributed by atoms with van der Waals surface area (Å²) < 4.78 is 5.56. The van der Waals surface area contributed by atoms with E-state index in [1.165, 1.54) is 12.1 Å². The van der Waals surface area contributed by atoms with Crippen molar-refractivity contribution in [3.05, 3.63) is 58.6 Å². The summed E-state index contributed by atoms with van der Waals surface area (Å²) in [5.41, 5.74) is 1.76. The number of likely N-dealkylation sites (tertiary alicyclic amines) is 1. The van der Waals surface area contributed by atoms with Gasteiger partial charge in [0.25, 0.3) is 5.69 Å². The maximum Gasteiger partial charge on any atom is 0.269 e. The fourth-order valence-corrected chi connectivity index (χ4v) is 2.81. The lowest BCUT2D eigenvalue weighted by Gasteiger charge is -2.15. The van der Waals surface area contributed by atoms with Crippen LogP contribution in [0.5, 0.6) is 5.75 Å². The Kier molecular flexibility index (Phi) is 4.71. The minimum atomic E-state index is -0.441. The van der Waals surface area contributed by atoms with Gasteiger partial charge in [-0.2, -0.15) is 0 Å². The average Bonchev–Trinajstić information content (AvgIpc) is 2.84. The zero-order valence-corrected chi connectivity index (χ0v) is 14.4.